The fourth-order valence-corrected chi connectivity index (χ4v) is 2.95. The normalized spacial score (nSPS) is 13.1. The lowest BCUT2D eigenvalue weighted by Gasteiger charge is -2.12. The zero-order chi connectivity index (χ0) is 11.0. The van der Waals surface area contributed by atoms with Gasteiger partial charge in [-0.05, 0) is 44.0 Å². The SMILES string of the molecule is Cc1cc(C(C)n2cnnc2Cl)c(C)s1. The Balaban J connectivity index is 2.40. The Labute approximate surface area is 97.7 Å². The molecule has 0 saturated carbocycles. The molecule has 2 aromatic rings. The van der Waals surface area contributed by atoms with E-state index in [4.69, 9.17) is 11.6 Å². The highest BCUT2D eigenvalue weighted by atomic mass is 35.5. The molecule has 2 rings (SSSR count). The fourth-order valence-electron chi connectivity index (χ4n) is 1.70. The molecule has 2 heterocycles. The topological polar surface area (TPSA) is 30.7 Å². The summed E-state index contributed by atoms with van der Waals surface area (Å²) in [4.78, 5) is 2.64. The maximum absolute atomic E-state index is 5.94. The van der Waals surface area contributed by atoms with Crippen LogP contribution in [0.2, 0.25) is 5.28 Å². The minimum absolute atomic E-state index is 0.192. The van der Waals surface area contributed by atoms with E-state index in [9.17, 15) is 0 Å². The lowest BCUT2D eigenvalue weighted by Crippen LogP contribution is -2.05. The molecule has 0 amide bonds. The lowest BCUT2D eigenvalue weighted by molar-refractivity contribution is 0.636. The molecule has 0 fully saturated rings. The number of hydrogen-bond acceptors (Lipinski definition) is 3. The van der Waals surface area contributed by atoms with Gasteiger partial charge in [0.15, 0.2) is 0 Å². The van der Waals surface area contributed by atoms with Crippen LogP contribution in [0.15, 0.2) is 12.4 Å². The molecule has 15 heavy (non-hydrogen) atoms. The van der Waals surface area contributed by atoms with Gasteiger partial charge in [-0.25, -0.2) is 0 Å². The standard InChI is InChI=1S/C10H12ClN3S/c1-6-4-9(8(3)15-6)7(2)14-5-12-13-10(14)11/h4-5,7H,1-3H3. The molecule has 80 valence electrons. The summed E-state index contributed by atoms with van der Waals surface area (Å²) in [5.74, 6) is 0. The first kappa shape index (κ1) is 10.6. The quantitative estimate of drug-likeness (QED) is 0.808. The van der Waals surface area contributed by atoms with E-state index in [2.05, 4.69) is 37.0 Å². The van der Waals surface area contributed by atoms with E-state index in [0.717, 1.165) is 0 Å². The zero-order valence-electron chi connectivity index (χ0n) is 8.86. The van der Waals surface area contributed by atoms with E-state index in [-0.39, 0.29) is 6.04 Å². The van der Waals surface area contributed by atoms with Crippen LogP contribution in [0.5, 0.6) is 0 Å². The van der Waals surface area contributed by atoms with Gasteiger partial charge in [0.05, 0.1) is 6.04 Å². The van der Waals surface area contributed by atoms with E-state index in [0.29, 0.717) is 5.28 Å². The van der Waals surface area contributed by atoms with Crippen LogP contribution in [0.25, 0.3) is 0 Å². The zero-order valence-corrected chi connectivity index (χ0v) is 10.4. The van der Waals surface area contributed by atoms with Crippen LogP contribution in [0.3, 0.4) is 0 Å². The molecule has 0 saturated heterocycles. The van der Waals surface area contributed by atoms with Gasteiger partial charge in [0.25, 0.3) is 0 Å². The average molecular weight is 242 g/mol. The Kier molecular flexibility index (Phi) is 2.80. The Morgan fingerprint density at radius 1 is 1.47 bits per heavy atom. The Hall–Kier alpha value is -0.870. The summed E-state index contributed by atoms with van der Waals surface area (Å²) in [6.07, 6.45) is 1.67. The summed E-state index contributed by atoms with van der Waals surface area (Å²) < 4.78 is 1.87. The van der Waals surface area contributed by atoms with Gasteiger partial charge < -0.3 is 0 Å². The van der Waals surface area contributed by atoms with Crippen LogP contribution >= 0.6 is 22.9 Å². The first-order chi connectivity index (χ1) is 7.09. The van der Waals surface area contributed by atoms with Crippen LogP contribution in [0, 0.1) is 13.8 Å². The summed E-state index contributed by atoms with van der Waals surface area (Å²) in [5, 5.41) is 8.01. The van der Waals surface area contributed by atoms with Crippen LogP contribution in [-0.4, -0.2) is 14.8 Å². The van der Waals surface area contributed by atoms with Gasteiger partial charge in [0, 0.05) is 9.75 Å². The number of halogens is 1. The summed E-state index contributed by atoms with van der Waals surface area (Å²) in [7, 11) is 0. The van der Waals surface area contributed by atoms with Crippen molar-refractivity contribution < 1.29 is 0 Å². The maximum Gasteiger partial charge on any atom is 0.225 e. The molecule has 0 N–H and O–H groups in total. The number of nitrogens with zero attached hydrogens (tertiary/aromatic N) is 3. The van der Waals surface area contributed by atoms with Crippen molar-refractivity contribution in [3.63, 3.8) is 0 Å². The molecule has 2 aromatic heterocycles. The van der Waals surface area contributed by atoms with Crippen molar-refractivity contribution in [3.05, 3.63) is 33.0 Å². The van der Waals surface area contributed by atoms with Gasteiger partial charge in [-0.1, -0.05) is 0 Å². The van der Waals surface area contributed by atoms with Crippen molar-refractivity contribution in [1.82, 2.24) is 14.8 Å². The number of aromatic nitrogens is 3. The molecule has 5 heteroatoms. The number of rotatable bonds is 2. The summed E-state index contributed by atoms with van der Waals surface area (Å²) in [5.41, 5.74) is 1.29. The van der Waals surface area contributed by atoms with Gasteiger partial charge >= 0.3 is 0 Å². The molecule has 0 bridgehead atoms. The number of aryl methyl sites for hydroxylation is 2. The Morgan fingerprint density at radius 2 is 2.20 bits per heavy atom. The Bertz CT molecular complexity index is 475. The van der Waals surface area contributed by atoms with Crippen molar-refractivity contribution in [2.45, 2.75) is 26.8 Å². The van der Waals surface area contributed by atoms with E-state index in [1.54, 1.807) is 17.7 Å². The molecule has 0 aliphatic rings. The van der Waals surface area contributed by atoms with Crippen molar-refractivity contribution in [1.29, 1.82) is 0 Å². The van der Waals surface area contributed by atoms with E-state index >= 15 is 0 Å². The fraction of sp³-hybridized carbons (Fsp3) is 0.400. The third-order valence-corrected chi connectivity index (χ3v) is 3.73. The maximum atomic E-state index is 5.94. The minimum Gasteiger partial charge on any atom is -0.297 e. The molecular weight excluding hydrogens is 230 g/mol. The average Bonchev–Trinajstić information content (AvgIpc) is 2.71. The van der Waals surface area contributed by atoms with Gasteiger partial charge in [0.2, 0.25) is 5.28 Å². The van der Waals surface area contributed by atoms with Crippen molar-refractivity contribution in [2.75, 3.05) is 0 Å². The van der Waals surface area contributed by atoms with Crippen LogP contribution in [0.4, 0.5) is 0 Å². The van der Waals surface area contributed by atoms with Crippen LogP contribution in [0.1, 0.15) is 28.3 Å². The Morgan fingerprint density at radius 3 is 2.67 bits per heavy atom. The minimum atomic E-state index is 0.192. The summed E-state index contributed by atoms with van der Waals surface area (Å²) >= 11 is 7.74. The van der Waals surface area contributed by atoms with Crippen molar-refractivity contribution >= 4 is 22.9 Å². The third kappa shape index (κ3) is 1.92. The highest BCUT2D eigenvalue weighted by molar-refractivity contribution is 7.12. The second-order valence-electron chi connectivity index (χ2n) is 3.55. The summed E-state index contributed by atoms with van der Waals surface area (Å²) in [6.45, 7) is 6.34. The van der Waals surface area contributed by atoms with Gasteiger partial charge in [0.1, 0.15) is 6.33 Å². The van der Waals surface area contributed by atoms with E-state index in [1.807, 2.05) is 4.57 Å². The molecule has 1 atom stereocenters. The number of hydrogen-bond donors (Lipinski definition) is 0. The number of thiophene rings is 1. The van der Waals surface area contributed by atoms with Gasteiger partial charge in [-0.15, -0.1) is 21.5 Å². The first-order valence-corrected chi connectivity index (χ1v) is 5.91. The molecule has 0 radical (unpaired) electrons. The van der Waals surface area contributed by atoms with Crippen molar-refractivity contribution in [3.8, 4) is 0 Å². The molecule has 0 aliphatic heterocycles. The van der Waals surface area contributed by atoms with Crippen molar-refractivity contribution in [2.24, 2.45) is 0 Å². The molecule has 3 nitrogen and oxygen atoms in total. The highest BCUT2D eigenvalue weighted by Crippen LogP contribution is 2.29. The van der Waals surface area contributed by atoms with E-state index in [1.165, 1.54) is 15.3 Å². The molecule has 0 spiro atoms. The van der Waals surface area contributed by atoms with Crippen LogP contribution in [-0.2, 0) is 0 Å². The molecular formula is C10H12ClN3S. The van der Waals surface area contributed by atoms with Gasteiger partial charge in [-0.2, -0.15) is 0 Å². The molecule has 0 aromatic carbocycles. The molecule has 1 unspecified atom stereocenters. The lowest BCUT2D eigenvalue weighted by atomic mass is 10.1. The van der Waals surface area contributed by atoms with Gasteiger partial charge in [-0.3, -0.25) is 4.57 Å². The predicted octanol–water partition coefficient (Wildman–Crippen LogP) is 3.22. The van der Waals surface area contributed by atoms with E-state index < -0.39 is 0 Å². The first-order valence-electron chi connectivity index (χ1n) is 4.71. The summed E-state index contributed by atoms with van der Waals surface area (Å²) in [6, 6.07) is 2.39. The smallest absolute Gasteiger partial charge is 0.225 e. The second-order valence-corrected chi connectivity index (χ2v) is 5.35. The third-order valence-electron chi connectivity index (χ3n) is 2.48. The second kappa shape index (κ2) is 3.94. The van der Waals surface area contributed by atoms with Crippen LogP contribution < -0.4 is 0 Å². The predicted molar refractivity (Wildman–Crippen MR) is 62.6 cm³/mol. The monoisotopic (exact) mass is 241 g/mol. The highest BCUT2D eigenvalue weighted by Gasteiger charge is 2.15. The molecule has 0 aliphatic carbocycles. The largest absolute Gasteiger partial charge is 0.297 e.